The van der Waals surface area contributed by atoms with Crippen LogP contribution in [0.25, 0.3) is 0 Å². The molecule has 0 fully saturated rings. The summed E-state index contributed by atoms with van der Waals surface area (Å²) >= 11 is 0. The van der Waals surface area contributed by atoms with Gasteiger partial charge in [0.25, 0.3) is 0 Å². The summed E-state index contributed by atoms with van der Waals surface area (Å²) in [5, 5.41) is 8.89. The maximum absolute atomic E-state index is 10.8. The van der Waals surface area contributed by atoms with Crippen LogP contribution in [0.4, 0.5) is 0 Å². The number of H-pyrrole nitrogens is 1. The molecule has 0 spiro atoms. The fourth-order valence-electron chi connectivity index (χ4n) is 1.56. The third kappa shape index (κ3) is 2.37. The zero-order valence-electron chi connectivity index (χ0n) is 8.87. The topological polar surface area (TPSA) is 53.1 Å². The van der Waals surface area contributed by atoms with E-state index in [-0.39, 0.29) is 0 Å². The molecule has 0 saturated heterocycles. The van der Waals surface area contributed by atoms with Gasteiger partial charge in [0, 0.05) is 11.9 Å². The van der Waals surface area contributed by atoms with Crippen LogP contribution in [0.2, 0.25) is 0 Å². The van der Waals surface area contributed by atoms with Gasteiger partial charge < -0.3 is 10.1 Å². The molecule has 1 atom stereocenters. The molecule has 3 heteroatoms. The van der Waals surface area contributed by atoms with E-state index in [1.54, 1.807) is 6.92 Å². The third-order valence-electron chi connectivity index (χ3n) is 2.30. The van der Waals surface area contributed by atoms with Gasteiger partial charge in [0.15, 0.2) is 0 Å². The summed E-state index contributed by atoms with van der Waals surface area (Å²) in [6, 6.07) is 1.97. The molecule has 1 rings (SSSR count). The number of aliphatic carboxylic acids is 1. The Bertz CT molecular complexity index is 315. The molecule has 0 bridgehead atoms. The number of rotatable bonds is 4. The summed E-state index contributed by atoms with van der Waals surface area (Å²) in [4.78, 5) is 13.8. The lowest BCUT2D eigenvalue weighted by Gasteiger charge is -2.09. The predicted molar refractivity (Wildman–Crippen MR) is 55.4 cm³/mol. The van der Waals surface area contributed by atoms with E-state index in [1.807, 2.05) is 12.3 Å². The zero-order chi connectivity index (χ0) is 10.7. The van der Waals surface area contributed by atoms with Crippen LogP contribution in [0, 0.1) is 5.92 Å². The van der Waals surface area contributed by atoms with Gasteiger partial charge in [-0.2, -0.15) is 0 Å². The van der Waals surface area contributed by atoms with Crippen molar-refractivity contribution < 1.29 is 9.90 Å². The molecular weight excluding hydrogens is 178 g/mol. The first kappa shape index (κ1) is 10.8. The number of aromatic amines is 1. The summed E-state index contributed by atoms with van der Waals surface area (Å²) in [6.07, 6.45) is 2.74. The van der Waals surface area contributed by atoms with Gasteiger partial charge in [0.1, 0.15) is 0 Å². The van der Waals surface area contributed by atoms with E-state index >= 15 is 0 Å². The van der Waals surface area contributed by atoms with E-state index in [0.29, 0.717) is 5.92 Å². The summed E-state index contributed by atoms with van der Waals surface area (Å²) in [6.45, 7) is 5.96. The van der Waals surface area contributed by atoms with Gasteiger partial charge in [-0.25, -0.2) is 0 Å². The van der Waals surface area contributed by atoms with Gasteiger partial charge in [-0.3, -0.25) is 4.79 Å². The van der Waals surface area contributed by atoms with Gasteiger partial charge in [-0.15, -0.1) is 0 Å². The molecule has 0 saturated carbocycles. The molecule has 1 aromatic rings. The lowest BCUT2D eigenvalue weighted by molar-refractivity contribution is -0.138. The van der Waals surface area contributed by atoms with Crippen molar-refractivity contribution >= 4 is 5.97 Å². The number of hydrogen-bond acceptors (Lipinski definition) is 1. The first-order chi connectivity index (χ1) is 6.52. The van der Waals surface area contributed by atoms with Crippen LogP contribution in [0.1, 0.15) is 37.9 Å². The zero-order valence-corrected chi connectivity index (χ0v) is 8.87. The molecule has 0 radical (unpaired) electrons. The van der Waals surface area contributed by atoms with Crippen molar-refractivity contribution in [1.29, 1.82) is 0 Å². The van der Waals surface area contributed by atoms with Gasteiger partial charge in [0.2, 0.25) is 0 Å². The van der Waals surface area contributed by atoms with Crippen LogP contribution in [-0.4, -0.2) is 16.1 Å². The summed E-state index contributed by atoms with van der Waals surface area (Å²) in [5.74, 6) is -0.679. The lowest BCUT2D eigenvalue weighted by atomic mass is 9.97. The summed E-state index contributed by atoms with van der Waals surface area (Å²) in [7, 11) is 0. The first-order valence-electron chi connectivity index (χ1n) is 4.91. The monoisotopic (exact) mass is 195 g/mol. The molecule has 1 aromatic heterocycles. The smallest absolute Gasteiger partial charge is 0.312 e. The first-order valence-corrected chi connectivity index (χ1v) is 4.91. The molecular formula is C11H17NO2. The van der Waals surface area contributed by atoms with Crippen LogP contribution in [0.5, 0.6) is 0 Å². The second-order valence-corrected chi connectivity index (χ2v) is 4.07. The molecule has 2 N–H and O–H groups in total. The maximum Gasteiger partial charge on any atom is 0.312 e. The quantitative estimate of drug-likeness (QED) is 0.775. The predicted octanol–water partition coefficient (Wildman–Crippen LogP) is 2.40. The average molecular weight is 195 g/mol. The fourth-order valence-corrected chi connectivity index (χ4v) is 1.56. The number of carboxylic acids is 1. The van der Waals surface area contributed by atoms with Crippen molar-refractivity contribution in [2.75, 3.05) is 0 Å². The van der Waals surface area contributed by atoms with Crippen LogP contribution < -0.4 is 0 Å². The molecule has 14 heavy (non-hydrogen) atoms. The van der Waals surface area contributed by atoms with Gasteiger partial charge in [-0.05, 0) is 30.9 Å². The van der Waals surface area contributed by atoms with Gasteiger partial charge >= 0.3 is 5.97 Å². The van der Waals surface area contributed by atoms with E-state index in [0.717, 1.165) is 17.7 Å². The Balaban J connectivity index is 2.86. The number of aromatic nitrogens is 1. The van der Waals surface area contributed by atoms with E-state index in [9.17, 15) is 4.79 Å². The summed E-state index contributed by atoms with van der Waals surface area (Å²) < 4.78 is 0. The van der Waals surface area contributed by atoms with E-state index in [1.165, 1.54) is 0 Å². The Morgan fingerprint density at radius 1 is 1.50 bits per heavy atom. The van der Waals surface area contributed by atoms with Crippen molar-refractivity contribution in [1.82, 2.24) is 4.98 Å². The molecule has 3 nitrogen and oxygen atoms in total. The van der Waals surface area contributed by atoms with Crippen LogP contribution in [0.3, 0.4) is 0 Å². The SMILES string of the molecule is CC(C)Cc1cc[nH]c1C(C)C(=O)O. The maximum atomic E-state index is 10.8. The molecule has 0 aliphatic rings. The minimum absolute atomic E-state index is 0.446. The largest absolute Gasteiger partial charge is 0.481 e. The van der Waals surface area contributed by atoms with Crippen molar-refractivity contribution in [3.63, 3.8) is 0 Å². The highest BCUT2D eigenvalue weighted by atomic mass is 16.4. The van der Waals surface area contributed by atoms with E-state index in [4.69, 9.17) is 5.11 Å². The van der Waals surface area contributed by atoms with Crippen LogP contribution in [-0.2, 0) is 11.2 Å². The highest BCUT2D eigenvalue weighted by Gasteiger charge is 2.18. The molecule has 0 aliphatic carbocycles. The van der Waals surface area contributed by atoms with Crippen molar-refractivity contribution in [2.45, 2.75) is 33.1 Å². The molecule has 0 aromatic carbocycles. The molecule has 0 amide bonds. The van der Waals surface area contributed by atoms with Crippen molar-refractivity contribution in [2.24, 2.45) is 5.92 Å². The summed E-state index contributed by atoms with van der Waals surface area (Å²) in [5.41, 5.74) is 1.96. The molecule has 0 aliphatic heterocycles. The van der Waals surface area contributed by atoms with Crippen LogP contribution in [0.15, 0.2) is 12.3 Å². The lowest BCUT2D eigenvalue weighted by Crippen LogP contribution is -2.10. The Labute approximate surface area is 84.2 Å². The second-order valence-electron chi connectivity index (χ2n) is 4.07. The fraction of sp³-hybridized carbons (Fsp3) is 0.545. The standard InChI is InChI=1S/C11H17NO2/c1-7(2)6-9-4-5-12-10(9)8(3)11(13)14/h4-5,7-8,12H,6H2,1-3H3,(H,13,14). The highest BCUT2D eigenvalue weighted by molar-refractivity contribution is 5.75. The molecule has 1 unspecified atom stereocenters. The minimum Gasteiger partial charge on any atom is -0.481 e. The Morgan fingerprint density at radius 3 is 2.64 bits per heavy atom. The number of hydrogen-bond donors (Lipinski definition) is 2. The number of carboxylic acid groups (broad SMARTS) is 1. The average Bonchev–Trinajstić information content (AvgIpc) is 2.49. The molecule has 78 valence electrons. The number of nitrogens with one attached hydrogen (secondary N) is 1. The van der Waals surface area contributed by atoms with E-state index in [2.05, 4.69) is 18.8 Å². The normalized spacial score (nSPS) is 13.1. The highest BCUT2D eigenvalue weighted by Crippen LogP contribution is 2.20. The minimum atomic E-state index is -0.780. The Hall–Kier alpha value is -1.25. The molecule has 1 heterocycles. The Kier molecular flexibility index (Phi) is 3.33. The van der Waals surface area contributed by atoms with Gasteiger partial charge in [-0.1, -0.05) is 13.8 Å². The van der Waals surface area contributed by atoms with Crippen LogP contribution >= 0.6 is 0 Å². The van der Waals surface area contributed by atoms with Gasteiger partial charge in [0.05, 0.1) is 5.92 Å². The Morgan fingerprint density at radius 2 is 2.14 bits per heavy atom. The third-order valence-corrected chi connectivity index (χ3v) is 2.30. The van der Waals surface area contributed by atoms with E-state index < -0.39 is 11.9 Å². The van der Waals surface area contributed by atoms with Crippen molar-refractivity contribution in [3.8, 4) is 0 Å². The van der Waals surface area contributed by atoms with Crippen molar-refractivity contribution in [3.05, 3.63) is 23.5 Å². The number of carbonyl (C=O) groups is 1. The second kappa shape index (κ2) is 4.31.